The zero-order valence-corrected chi connectivity index (χ0v) is 23.5. The normalized spacial score (nSPS) is 17.8. The van der Waals surface area contributed by atoms with Gasteiger partial charge in [0.05, 0.1) is 25.3 Å². The smallest absolute Gasteiger partial charge is 0.323 e. The maximum Gasteiger partial charge on any atom is 0.323 e. The predicted octanol–water partition coefficient (Wildman–Crippen LogP) is 4.69. The second kappa shape index (κ2) is 13.3. The number of hydrogen-bond donors (Lipinski definition) is 3. The Morgan fingerprint density at radius 2 is 1.77 bits per heavy atom. The number of fused-ring (bicyclic) bond motifs is 1. The van der Waals surface area contributed by atoms with Crippen molar-refractivity contribution in [1.29, 1.82) is 0 Å². The number of nitrogens with zero attached hydrogens (tertiary/aromatic N) is 2. The third-order valence-corrected chi connectivity index (χ3v) is 7.06. The van der Waals surface area contributed by atoms with Crippen molar-refractivity contribution < 1.29 is 24.2 Å². The van der Waals surface area contributed by atoms with Crippen molar-refractivity contribution in [3.05, 3.63) is 83.9 Å². The lowest BCUT2D eigenvalue weighted by Gasteiger charge is -2.38. The second-order valence-electron chi connectivity index (χ2n) is 10.3. The largest absolute Gasteiger partial charge is 0.497 e. The molecule has 0 saturated heterocycles. The first kappa shape index (κ1) is 28.9. The number of benzene rings is 3. The fourth-order valence-corrected chi connectivity index (χ4v) is 4.75. The number of methoxy groups -OCH3 is 1. The van der Waals surface area contributed by atoms with Crippen LogP contribution in [-0.4, -0.2) is 72.8 Å². The number of nitrogens with one attached hydrogen (secondary N) is 2. The molecule has 3 amide bonds. The van der Waals surface area contributed by atoms with Gasteiger partial charge in [-0.1, -0.05) is 37.3 Å². The Morgan fingerprint density at radius 3 is 2.45 bits per heavy atom. The third kappa shape index (κ3) is 7.31. The van der Waals surface area contributed by atoms with Gasteiger partial charge in [-0.05, 0) is 62.0 Å². The number of rotatable bonds is 9. The highest BCUT2D eigenvalue weighted by Gasteiger charge is 2.33. The summed E-state index contributed by atoms with van der Waals surface area (Å²) >= 11 is 0. The van der Waals surface area contributed by atoms with E-state index in [1.165, 1.54) is 5.56 Å². The molecule has 0 spiro atoms. The summed E-state index contributed by atoms with van der Waals surface area (Å²) in [7, 11) is 3.63. The van der Waals surface area contributed by atoms with Gasteiger partial charge in [-0.15, -0.1) is 0 Å². The van der Waals surface area contributed by atoms with E-state index in [0.29, 0.717) is 41.5 Å². The van der Waals surface area contributed by atoms with Crippen LogP contribution >= 0.6 is 0 Å². The van der Waals surface area contributed by atoms with Crippen LogP contribution in [0.4, 0.5) is 16.2 Å². The van der Waals surface area contributed by atoms with Gasteiger partial charge < -0.3 is 30.1 Å². The van der Waals surface area contributed by atoms with E-state index in [2.05, 4.69) is 41.6 Å². The molecule has 9 heteroatoms. The van der Waals surface area contributed by atoms with Gasteiger partial charge in [0.1, 0.15) is 17.6 Å². The maximum absolute atomic E-state index is 13.7. The number of urea groups is 1. The first-order chi connectivity index (χ1) is 19.3. The monoisotopic (exact) mass is 546 g/mol. The van der Waals surface area contributed by atoms with E-state index < -0.39 is 6.03 Å². The number of carbonyl (C=O) groups is 2. The molecule has 4 rings (SSSR count). The number of likely N-dealkylation sites (N-methyl/N-ethyl adjacent to an activating group) is 1. The quantitative estimate of drug-likeness (QED) is 0.360. The van der Waals surface area contributed by atoms with Crippen molar-refractivity contribution in [3.63, 3.8) is 0 Å². The Kier molecular flexibility index (Phi) is 9.63. The molecule has 0 unspecified atom stereocenters. The van der Waals surface area contributed by atoms with Gasteiger partial charge in [0.15, 0.2) is 0 Å². The molecule has 3 N–H and O–H groups in total. The zero-order valence-electron chi connectivity index (χ0n) is 23.5. The van der Waals surface area contributed by atoms with Crippen LogP contribution < -0.4 is 20.1 Å². The minimum absolute atomic E-state index is 0.0115. The molecular formula is C31H38N4O5. The highest BCUT2D eigenvalue weighted by molar-refractivity contribution is 6.02. The number of aliphatic hydroxyl groups excluding tert-OH is 1. The number of anilines is 2. The third-order valence-electron chi connectivity index (χ3n) is 7.06. The molecule has 3 atom stereocenters. The van der Waals surface area contributed by atoms with Crippen LogP contribution in [0.2, 0.25) is 0 Å². The molecule has 9 nitrogen and oxygen atoms in total. The van der Waals surface area contributed by atoms with Crippen molar-refractivity contribution in [2.45, 2.75) is 32.5 Å². The van der Waals surface area contributed by atoms with Crippen LogP contribution in [0.25, 0.3) is 0 Å². The number of amides is 3. The summed E-state index contributed by atoms with van der Waals surface area (Å²) in [5, 5.41) is 15.5. The summed E-state index contributed by atoms with van der Waals surface area (Å²) in [4.78, 5) is 30.3. The first-order valence-corrected chi connectivity index (χ1v) is 13.4. The molecular weight excluding hydrogens is 508 g/mol. The Bertz CT molecular complexity index is 1280. The highest BCUT2D eigenvalue weighted by atomic mass is 16.5. The molecule has 1 heterocycles. The van der Waals surface area contributed by atoms with Crippen LogP contribution in [0.15, 0.2) is 72.8 Å². The predicted molar refractivity (Wildman–Crippen MR) is 156 cm³/mol. The zero-order chi connectivity index (χ0) is 28.6. The average molecular weight is 547 g/mol. The number of ether oxygens (including phenoxy) is 2. The van der Waals surface area contributed by atoms with E-state index in [1.807, 2.05) is 25.1 Å². The Labute approximate surface area is 235 Å². The van der Waals surface area contributed by atoms with E-state index in [4.69, 9.17) is 9.47 Å². The van der Waals surface area contributed by atoms with Crippen molar-refractivity contribution in [3.8, 4) is 11.5 Å². The molecule has 0 saturated carbocycles. The molecule has 0 radical (unpaired) electrons. The van der Waals surface area contributed by atoms with E-state index in [1.54, 1.807) is 54.5 Å². The Hall–Kier alpha value is -4.08. The highest BCUT2D eigenvalue weighted by Crippen LogP contribution is 2.31. The number of aliphatic hydroxyl groups is 1. The first-order valence-electron chi connectivity index (χ1n) is 13.4. The summed E-state index contributed by atoms with van der Waals surface area (Å²) in [5.74, 6) is 0.897. The molecule has 40 heavy (non-hydrogen) atoms. The summed E-state index contributed by atoms with van der Waals surface area (Å²) in [6.45, 7) is 5.58. The van der Waals surface area contributed by atoms with Crippen LogP contribution in [0.3, 0.4) is 0 Å². The fraction of sp³-hybridized carbons (Fsp3) is 0.355. The van der Waals surface area contributed by atoms with Crippen molar-refractivity contribution in [2.24, 2.45) is 5.92 Å². The lowest BCUT2D eigenvalue weighted by atomic mass is 9.99. The molecule has 0 aliphatic carbocycles. The van der Waals surface area contributed by atoms with Gasteiger partial charge >= 0.3 is 6.03 Å². The standard InChI is InChI=1S/C31H38N4O5/c1-21-17-35(22(2)20-36)30(37)27-16-25(33-31(38)32-24-10-13-26(39-4)14-11-24)12-15-28(27)40-29(21)19-34(3)18-23-8-6-5-7-9-23/h5-16,21-22,29,36H,17-20H2,1-4H3,(H2,32,33,38)/t21-,22+,29+/m1/s1. The number of carbonyl (C=O) groups excluding carboxylic acids is 2. The van der Waals surface area contributed by atoms with E-state index in [-0.39, 0.29) is 30.6 Å². The number of hydrogen-bond acceptors (Lipinski definition) is 6. The van der Waals surface area contributed by atoms with E-state index in [9.17, 15) is 14.7 Å². The van der Waals surface area contributed by atoms with Gasteiger partial charge in [0.2, 0.25) is 0 Å². The molecule has 3 aromatic rings. The average Bonchev–Trinajstić information content (AvgIpc) is 2.95. The second-order valence-corrected chi connectivity index (χ2v) is 10.3. The fourth-order valence-electron chi connectivity index (χ4n) is 4.75. The molecule has 1 aliphatic heterocycles. The SMILES string of the molecule is COc1ccc(NC(=O)Nc2ccc3c(c2)C(=O)N([C@@H](C)CO)C[C@@H](C)[C@H](CN(C)Cc2ccccc2)O3)cc1. The summed E-state index contributed by atoms with van der Waals surface area (Å²) < 4.78 is 11.6. The Morgan fingerprint density at radius 1 is 1.10 bits per heavy atom. The molecule has 212 valence electrons. The van der Waals surface area contributed by atoms with Gasteiger partial charge in [-0.3, -0.25) is 9.69 Å². The van der Waals surface area contributed by atoms with Gasteiger partial charge in [-0.25, -0.2) is 4.79 Å². The maximum atomic E-state index is 13.7. The van der Waals surface area contributed by atoms with Gasteiger partial charge in [0.25, 0.3) is 5.91 Å². The molecule has 0 aromatic heterocycles. The van der Waals surface area contributed by atoms with E-state index in [0.717, 1.165) is 6.54 Å². The molecule has 1 aliphatic rings. The van der Waals surface area contributed by atoms with Crippen molar-refractivity contribution >= 4 is 23.3 Å². The van der Waals surface area contributed by atoms with Crippen LogP contribution in [0, 0.1) is 5.92 Å². The molecule has 0 fully saturated rings. The minimum Gasteiger partial charge on any atom is -0.497 e. The summed E-state index contributed by atoms with van der Waals surface area (Å²) in [5.41, 5.74) is 2.59. The van der Waals surface area contributed by atoms with Crippen LogP contribution in [0.1, 0.15) is 29.8 Å². The lowest BCUT2D eigenvalue weighted by molar-refractivity contribution is 0.0341. The van der Waals surface area contributed by atoms with Crippen molar-refractivity contribution in [1.82, 2.24) is 9.80 Å². The van der Waals surface area contributed by atoms with Crippen LogP contribution in [0.5, 0.6) is 11.5 Å². The topological polar surface area (TPSA) is 103 Å². The minimum atomic E-state index is -0.445. The molecule has 3 aromatic carbocycles. The lowest BCUT2D eigenvalue weighted by Crippen LogP contribution is -2.49. The Balaban J connectivity index is 1.54. The summed E-state index contributed by atoms with van der Waals surface area (Å²) in [6, 6.07) is 21.5. The van der Waals surface area contributed by atoms with E-state index >= 15 is 0 Å². The van der Waals surface area contributed by atoms with Crippen LogP contribution in [-0.2, 0) is 6.54 Å². The van der Waals surface area contributed by atoms with Gasteiger partial charge in [0, 0.05) is 36.9 Å². The summed E-state index contributed by atoms with van der Waals surface area (Å²) in [6.07, 6.45) is -0.203. The molecule has 0 bridgehead atoms. The van der Waals surface area contributed by atoms with Gasteiger partial charge in [-0.2, -0.15) is 0 Å². The van der Waals surface area contributed by atoms with Crippen molar-refractivity contribution in [2.75, 3.05) is 44.5 Å².